The summed E-state index contributed by atoms with van der Waals surface area (Å²) in [5, 5.41) is 7.89. The van der Waals surface area contributed by atoms with E-state index in [0.29, 0.717) is 12.3 Å². The second-order valence-corrected chi connectivity index (χ2v) is 11.2. The maximum atomic E-state index is 7.65. The first-order valence-electron chi connectivity index (χ1n) is 6.42. The second-order valence-electron chi connectivity index (χ2n) is 6.37. The Kier molecular flexibility index (Phi) is 4.51. The number of rotatable bonds is 4. The van der Waals surface area contributed by atoms with E-state index in [4.69, 9.17) is 9.84 Å². The molecule has 0 spiro atoms. The predicted molar refractivity (Wildman–Crippen MR) is 80.9 cm³/mol. The molecule has 0 heterocycles. The SMILES string of the molecule is CC(=N)c1cccc(CO[Si](C)(C)C(C)(C)C)c1. The smallest absolute Gasteiger partial charge is 0.192 e. The van der Waals surface area contributed by atoms with Gasteiger partial charge in [-0.3, -0.25) is 0 Å². The number of nitrogens with one attached hydrogen (secondary N) is 1. The topological polar surface area (TPSA) is 33.1 Å². The van der Waals surface area contributed by atoms with Gasteiger partial charge in [-0.1, -0.05) is 39.0 Å². The van der Waals surface area contributed by atoms with Crippen LogP contribution in [0.4, 0.5) is 0 Å². The van der Waals surface area contributed by atoms with Gasteiger partial charge in [0.15, 0.2) is 8.32 Å². The molecule has 1 aromatic rings. The minimum atomic E-state index is -1.69. The van der Waals surface area contributed by atoms with Crippen molar-refractivity contribution in [3.05, 3.63) is 35.4 Å². The summed E-state index contributed by atoms with van der Waals surface area (Å²) in [6.07, 6.45) is 0. The molecule has 100 valence electrons. The van der Waals surface area contributed by atoms with E-state index in [1.54, 1.807) is 0 Å². The summed E-state index contributed by atoms with van der Waals surface area (Å²) >= 11 is 0. The van der Waals surface area contributed by atoms with E-state index < -0.39 is 8.32 Å². The zero-order valence-corrected chi connectivity index (χ0v) is 13.4. The van der Waals surface area contributed by atoms with Gasteiger partial charge in [0.2, 0.25) is 0 Å². The van der Waals surface area contributed by atoms with Gasteiger partial charge < -0.3 is 9.84 Å². The van der Waals surface area contributed by atoms with Crippen molar-refractivity contribution < 1.29 is 4.43 Å². The Morgan fingerprint density at radius 2 is 1.89 bits per heavy atom. The van der Waals surface area contributed by atoms with Crippen molar-refractivity contribution in [1.82, 2.24) is 0 Å². The van der Waals surface area contributed by atoms with Crippen LogP contribution in [0.5, 0.6) is 0 Å². The summed E-state index contributed by atoms with van der Waals surface area (Å²) < 4.78 is 6.18. The van der Waals surface area contributed by atoms with Crippen molar-refractivity contribution in [3.8, 4) is 0 Å². The lowest BCUT2D eigenvalue weighted by molar-refractivity contribution is 0.276. The van der Waals surface area contributed by atoms with E-state index in [2.05, 4.69) is 46.0 Å². The maximum Gasteiger partial charge on any atom is 0.192 e. The molecule has 0 saturated heterocycles. The fraction of sp³-hybridized carbons (Fsp3) is 0.533. The van der Waals surface area contributed by atoms with Gasteiger partial charge in [-0.05, 0) is 42.2 Å². The fourth-order valence-electron chi connectivity index (χ4n) is 1.37. The lowest BCUT2D eigenvalue weighted by Gasteiger charge is -2.36. The van der Waals surface area contributed by atoms with Crippen molar-refractivity contribution in [2.45, 2.75) is 52.4 Å². The summed E-state index contributed by atoms with van der Waals surface area (Å²) in [4.78, 5) is 0. The summed E-state index contributed by atoms with van der Waals surface area (Å²) in [6, 6.07) is 8.09. The van der Waals surface area contributed by atoms with Crippen LogP contribution in [0.25, 0.3) is 0 Å². The zero-order chi connectivity index (χ0) is 14.0. The molecule has 0 atom stereocenters. The Bertz CT molecular complexity index is 432. The maximum absolute atomic E-state index is 7.65. The highest BCUT2D eigenvalue weighted by Crippen LogP contribution is 2.37. The Hall–Kier alpha value is -0.933. The van der Waals surface area contributed by atoms with Gasteiger partial charge >= 0.3 is 0 Å². The average molecular weight is 263 g/mol. The Morgan fingerprint density at radius 3 is 2.39 bits per heavy atom. The first-order chi connectivity index (χ1) is 8.13. The van der Waals surface area contributed by atoms with Crippen molar-refractivity contribution in [2.24, 2.45) is 0 Å². The monoisotopic (exact) mass is 263 g/mol. The van der Waals surface area contributed by atoms with Crippen molar-refractivity contribution in [3.63, 3.8) is 0 Å². The van der Waals surface area contributed by atoms with Crippen LogP contribution in [-0.2, 0) is 11.0 Å². The molecule has 18 heavy (non-hydrogen) atoms. The normalized spacial score (nSPS) is 12.6. The lowest BCUT2D eigenvalue weighted by Crippen LogP contribution is -2.40. The van der Waals surface area contributed by atoms with Crippen molar-refractivity contribution in [1.29, 1.82) is 5.41 Å². The summed E-state index contributed by atoms with van der Waals surface area (Å²) in [6.45, 7) is 13.7. The van der Waals surface area contributed by atoms with Gasteiger partial charge in [-0.15, -0.1) is 0 Å². The number of benzene rings is 1. The molecule has 0 aliphatic carbocycles. The molecular weight excluding hydrogens is 238 g/mol. The van der Waals surface area contributed by atoms with Gasteiger partial charge in [-0.25, -0.2) is 0 Å². The van der Waals surface area contributed by atoms with Crippen LogP contribution in [-0.4, -0.2) is 14.0 Å². The Balaban J connectivity index is 2.75. The molecule has 0 amide bonds. The first-order valence-corrected chi connectivity index (χ1v) is 9.33. The lowest BCUT2D eigenvalue weighted by atomic mass is 10.1. The third-order valence-corrected chi connectivity index (χ3v) is 8.24. The van der Waals surface area contributed by atoms with Gasteiger partial charge in [0, 0.05) is 5.71 Å². The average Bonchev–Trinajstić information content (AvgIpc) is 2.25. The molecule has 3 heteroatoms. The fourth-order valence-corrected chi connectivity index (χ4v) is 2.34. The van der Waals surface area contributed by atoms with Crippen LogP contribution in [0.2, 0.25) is 18.1 Å². The van der Waals surface area contributed by atoms with Gasteiger partial charge in [0.25, 0.3) is 0 Å². The Morgan fingerprint density at radius 1 is 1.28 bits per heavy atom. The van der Waals surface area contributed by atoms with Gasteiger partial charge in [0.1, 0.15) is 0 Å². The van der Waals surface area contributed by atoms with Crippen LogP contribution in [0, 0.1) is 5.41 Å². The summed E-state index contributed by atoms with van der Waals surface area (Å²) in [7, 11) is -1.69. The minimum Gasteiger partial charge on any atom is -0.413 e. The van der Waals surface area contributed by atoms with Crippen LogP contribution >= 0.6 is 0 Å². The molecular formula is C15H25NOSi. The van der Waals surface area contributed by atoms with E-state index in [1.165, 1.54) is 0 Å². The summed E-state index contributed by atoms with van der Waals surface area (Å²) in [5.74, 6) is 0. The molecule has 0 bridgehead atoms. The standard InChI is InChI=1S/C15H25NOSi/c1-12(16)14-9-7-8-13(10-14)11-17-18(5,6)15(2,3)4/h7-10,16H,11H2,1-6H3. The molecule has 0 fully saturated rings. The van der Waals surface area contributed by atoms with E-state index in [1.807, 2.05) is 19.1 Å². The van der Waals surface area contributed by atoms with E-state index in [9.17, 15) is 0 Å². The highest BCUT2D eigenvalue weighted by Gasteiger charge is 2.36. The third-order valence-electron chi connectivity index (χ3n) is 3.77. The largest absolute Gasteiger partial charge is 0.413 e. The minimum absolute atomic E-state index is 0.238. The second kappa shape index (κ2) is 5.37. The molecule has 0 aliphatic rings. The molecule has 0 saturated carbocycles. The Labute approximate surface area is 112 Å². The van der Waals surface area contributed by atoms with Crippen LogP contribution < -0.4 is 0 Å². The highest BCUT2D eigenvalue weighted by atomic mass is 28.4. The van der Waals surface area contributed by atoms with Crippen LogP contribution in [0.1, 0.15) is 38.8 Å². The molecule has 2 nitrogen and oxygen atoms in total. The molecule has 0 radical (unpaired) electrons. The highest BCUT2D eigenvalue weighted by molar-refractivity contribution is 6.74. The predicted octanol–water partition coefficient (Wildman–Crippen LogP) is 4.60. The zero-order valence-electron chi connectivity index (χ0n) is 12.4. The van der Waals surface area contributed by atoms with Gasteiger partial charge in [-0.2, -0.15) is 0 Å². The van der Waals surface area contributed by atoms with Crippen LogP contribution in [0.3, 0.4) is 0 Å². The van der Waals surface area contributed by atoms with E-state index in [-0.39, 0.29) is 5.04 Å². The number of hydrogen-bond donors (Lipinski definition) is 1. The molecule has 1 N–H and O–H groups in total. The van der Waals surface area contributed by atoms with E-state index >= 15 is 0 Å². The molecule has 1 aromatic carbocycles. The van der Waals surface area contributed by atoms with Gasteiger partial charge in [0.05, 0.1) is 6.61 Å². The molecule has 0 unspecified atom stereocenters. The molecule has 0 aromatic heterocycles. The molecule has 0 aliphatic heterocycles. The van der Waals surface area contributed by atoms with Crippen molar-refractivity contribution >= 4 is 14.0 Å². The quantitative estimate of drug-likeness (QED) is 0.625. The van der Waals surface area contributed by atoms with Crippen molar-refractivity contribution in [2.75, 3.05) is 0 Å². The first kappa shape index (κ1) is 15.1. The van der Waals surface area contributed by atoms with Crippen LogP contribution in [0.15, 0.2) is 24.3 Å². The van der Waals surface area contributed by atoms with E-state index in [0.717, 1.165) is 11.1 Å². The third kappa shape index (κ3) is 3.78. The number of hydrogen-bond acceptors (Lipinski definition) is 2. The summed E-state index contributed by atoms with van der Waals surface area (Å²) in [5.41, 5.74) is 2.74. The molecule has 1 rings (SSSR count).